The summed E-state index contributed by atoms with van der Waals surface area (Å²) < 4.78 is 5.78. The molecule has 2 fully saturated rings. The van der Waals surface area contributed by atoms with Crippen LogP contribution < -0.4 is 10.2 Å². The molecule has 2 aliphatic rings. The van der Waals surface area contributed by atoms with E-state index in [2.05, 4.69) is 31.0 Å². The average molecular weight is 281 g/mol. The SMILES string of the molecule is Cc1nc(N2CC(C)OC(C)C2)sc1CNC1CC1. The third-order valence-corrected chi connectivity index (χ3v) is 4.92. The predicted octanol–water partition coefficient (Wildman–Crippen LogP) is 2.32. The third kappa shape index (κ3) is 3.27. The van der Waals surface area contributed by atoms with E-state index in [9.17, 15) is 0 Å². The van der Waals surface area contributed by atoms with Crippen molar-refractivity contribution in [3.63, 3.8) is 0 Å². The molecular weight excluding hydrogens is 258 g/mol. The third-order valence-electron chi connectivity index (χ3n) is 3.70. The minimum absolute atomic E-state index is 0.293. The molecular formula is C14H23N3OS. The van der Waals surface area contributed by atoms with Crippen LogP contribution in [0.5, 0.6) is 0 Å². The first-order chi connectivity index (χ1) is 9.11. The molecule has 2 atom stereocenters. The maximum Gasteiger partial charge on any atom is 0.185 e. The Kier molecular flexibility index (Phi) is 3.78. The highest BCUT2D eigenvalue weighted by molar-refractivity contribution is 7.15. The topological polar surface area (TPSA) is 37.4 Å². The fraction of sp³-hybridized carbons (Fsp3) is 0.786. The Morgan fingerprint density at radius 3 is 2.63 bits per heavy atom. The van der Waals surface area contributed by atoms with Crippen molar-refractivity contribution >= 4 is 16.5 Å². The quantitative estimate of drug-likeness (QED) is 0.919. The zero-order valence-corrected chi connectivity index (χ0v) is 12.8. The normalized spacial score (nSPS) is 27.8. The zero-order chi connectivity index (χ0) is 13.4. The van der Waals surface area contributed by atoms with Gasteiger partial charge in [-0.05, 0) is 33.6 Å². The van der Waals surface area contributed by atoms with Gasteiger partial charge in [-0.3, -0.25) is 0 Å². The van der Waals surface area contributed by atoms with Gasteiger partial charge in [-0.15, -0.1) is 11.3 Å². The fourth-order valence-corrected chi connectivity index (χ4v) is 3.60. The van der Waals surface area contributed by atoms with Crippen LogP contribution in [0.3, 0.4) is 0 Å². The van der Waals surface area contributed by atoms with E-state index < -0.39 is 0 Å². The first-order valence-electron chi connectivity index (χ1n) is 7.22. The molecule has 0 spiro atoms. The Hall–Kier alpha value is -0.650. The van der Waals surface area contributed by atoms with Gasteiger partial charge in [0, 0.05) is 30.6 Å². The number of hydrogen-bond acceptors (Lipinski definition) is 5. The number of thiazole rings is 1. The standard InChI is InChI=1S/C14H23N3OS/c1-9-7-17(8-10(2)18-9)14-16-11(3)13(19-14)6-15-12-4-5-12/h9-10,12,15H,4-8H2,1-3H3. The first-order valence-corrected chi connectivity index (χ1v) is 8.03. The lowest BCUT2D eigenvalue weighted by Gasteiger charge is -2.35. The Balaban J connectivity index is 1.67. The maximum absolute atomic E-state index is 5.78. The predicted molar refractivity (Wildman–Crippen MR) is 78.9 cm³/mol. The number of anilines is 1. The van der Waals surface area contributed by atoms with Crippen molar-refractivity contribution in [2.45, 2.75) is 58.4 Å². The molecule has 2 unspecified atom stereocenters. The van der Waals surface area contributed by atoms with Gasteiger partial charge >= 0.3 is 0 Å². The average Bonchev–Trinajstić information content (AvgIpc) is 3.09. The molecule has 4 nitrogen and oxygen atoms in total. The fourth-order valence-electron chi connectivity index (χ4n) is 2.57. The molecule has 2 heterocycles. The van der Waals surface area contributed by atoms with Gasteiger partial charge in [-0.25, -0.2) is 4.98 Å². The van der Waals surface area contributed by atoms with Crippen LogP contribution in [0.15, 0.2) is 0 Å². The number of hydrogen-bond donors (Lipinski definition) is 1. The largest absolute Gasteiger partial charge is 0.372 e. The van der Waals surface area contributed by atoms with Crippen molar-refractivity contribution in [3.05, 3.63) is 10.6 Å². The summed E-state index contributed by atoms with van der Waals surface area (Å²) in [5.74, 6) is 0. The highest BCUT2D eigenvalue weighted by Crippen LogP contribution is 2.29. The van der Waals surface area contributed by atoms with Gasteiger partial charge in [0.2, 0.25) is 0 Å². The minimum atomic E-state index is 0.293. The first kappa shape index (κ1) is 13.3. The summed E-state index contributed by atoms with van der Waals surface area (Å²) in [4.78, 5) is 8.51. The summed E-state index contributed by atoms with van der Waals surface area (Å²) in [5, 5.41) is 4.73. The second-order valence-corrected chi connectivity index (χ2v) is 6.88. The van der Waals surface area contributed by atoms with Crippen molar-refractivity contribution in [1.82, 2.24) is 10.3 Å². The second-order valence-electron chi connectivity index (χ2n) is 5.82. The second kappa shape index (κ2) is 5.38. The van der Waals surface area contributed by atoms with Crippen molar-refractivity contribution < 1.29 is 4.74 Å². The maximum atomic E-state index is 5.78. The van der Waals surface area contributed by atoms with Crippen LogP contribution in [0.1, 0.15) is 37.3 Å². The van der Waals surface area contributed by atoms with Crippen LogP contribution in [0.4, 0.5) is 5.13 Å². The molecule has 0 amide bonds. The molecule has 1 aromatic heterocycles. The summed E-state index contributed by atoms with van der Waals surface area (Å²) >= 11 is 1.84. The molecule has 1 N–H and O–H groups in total. The molecule has 19 heavy (non-hydrogen) atoms. The highest BCUT2D eigenvalue weighted by Gasteiger charge is 2.25. The molecule has 1 saturated heterocycles. The summed E-state index contributed by atoms with van der Waals surface area (Å²) in [6, 6.07) is 0.758. The smallest absolute Gasteiger partial charge is 0.185 e. The minimum Gasteiger partial charge on any atom is -0.372 e. The Morgan fingerprint density at radius 1 is 1.32 bits per heavy atom. The van der Waals surface area contributed by atoms with Crippen LogP contribution in [0.2, 0.25) is 0 Å². The lowest BCUT2D eigenvalue weighted by molar-refractivity contribution is -0.00523. The number of ether oxygens (including phenoxy) is 1. The number of rotatable bonds is 4. The molecule has 0 radical (unpaired) electrons. The van der Waals surface area contributed by atoms with E-state index in [0.29, 0.717) is 12.2 Å². The van der Waals surface area contributed by atoms with Crippen LogP contribution in [-0.4, -0.2) is 36.3 Å². The van der Waals surface area contributed by atoms with Gasteiger partial charge in [-0.2, -0.15) is 0 Å². The lowest BCUT2D eigenvalue weighted by atomic mass is 10.2. The van der Waals surface area contributed by atoms with E-state index >= 15 is 0 Å². The summed E-state index contributed by atoms with van der Waals surface area (Å²) in [5.41, 5.74) is 1.18. The molecule has 1 saturated carbocycles. The van der Waals surface area contributed by atoms with Crippen molar-refractivity contribution in [3.8, 4) is 0 Å². The Bertz CT molecular complexity index is 434. The van der Waals surface area contributed by atoms with Gasteiger partial charge in [0.1, 0.15) is 0 Å². The Morgan fingerprint density at radius 2 is 2.00 bits per heavy atom. The molecule has 1 aromatic rings. The zero-order valence-electron chi connectivity index (χ0n) is 12.0. The molecule has 5 heteroatoms. The van der Waals surface area contributed by atoms with Gasteiger partial charge in [0.25, 0.3) is 0 Å². The number of aryl methyl sites for hydroxylation is 1. The van der Waals surface area contributed by atoms with Crippen LogP contribution >= 0.6 is 11.3 Å². The van der Waals surface area contributed by atoms with E-state index in [-0.39, 0.29) is 0 Å². The summed E-state index contributed by atoms with van der Waals surface area (Å²) in [7, 11) is 0. The highest BCUT2D eigenvalue weighted by atomic mass is 32.1. The van der Waals surface area contributed by atoms with Crippen molar-refractivity contribution in [2.75, 3.05) is 18.0 Å². The van der Waals surface area contributed by atoms with Gasteiger partial charge < -0.3 is 15.0 Å². The van der Waals surface area contributed by atoms with Crippen LogP contribution in [-0.2, 0) is 11.3 Å². The molecule has 1 aliphatic carbocycles. The molecule has 106 valence electrons. The van der Waals surface area contributed by atoms with Crippen molar-refractivity contribution in [1.29, 1.82) is 0 Å². The Labute approximate surface area is 119 Å². The van der Waals surface area contributed by atoms with E-state index in [1.54, 1.807) is 0 Å². The molecule has 0 bridgehead atoms. The van der Waals surface area contributed by atoms with E-state index in [1.807, 2.05) is 11.3 Å². The van der Waals surface area contributed by atoms with E-state index in [0.717, 1.165) is 30.8 Å². The van der Waals surface area contributed by atoms with Crippen LogP contribution in [0.25, 0.3) is 0 Å². The number of nitrogens with one attached hydrogen (secondary N) is 1. The van der Waals surface area contributed by atoms with Gasteiger partial charge in [0.15, 0.2) is 5.13 Å². The van der Waals surface area contributed by atoms with Gasteiger partial charge in [-0.1, -0.05) is 0 Å². The molecule has 1 aliphatic heterocycles. The number of morpholine rings is 1. The summed E-state index contributed by atoms with van der Waals surface area (Å²) in [6.07, 6.45) is 3.26. The van der Waals surface area contributed by atoms with Crippen LogP contribution in [0, 0.1) is 6.92 Å². The lowest BCUT2D eigenvalue weighted by Crippen LogP contribution is -2.45. The summed E-state index contributed by atoms with van der Waals surface area (Å²) in [6.45, 7) is 9.28. The molecule has 3 rings (SSSR count). The van der Waals surface area contributed by atoms with Crippen molar-refractivity contribution in [2.24, 2.45) is 0 Å². The number of aromatic nitrogens is 1. The van der Waals surface area contributed by atoms with E-state index in [1.165, 1.54) is 23.4 Å². The monoisotopic (exact) mass is 281 g/mol. The van der Waals surface area contributed by atoms with E-state index in [4.69, 9.17) is 9.72 Å². The molecule has 0 aromatic carbocycles. The number of nitrogens with zero attached hydrogens (tertiary/aromatic N) is 2. The van der Waals surface area contributed by atoms with Gasteiger partial charge in [0.05, 0.1) is 17.9 Å².